The van der Waals surface area contributed by atoms with Crippen molar-refractivity contribution < 1.29 is 14.0 Å². The van der Waals surface area contributed by atoms with Crippen molar-refractivity contribution in [1.29, 1.82) is 0 Å². The molecule has 5 rings (SSSR count). The van der Waals surface area contributed by atoms with Crippen molar-refractivity contribution >= 4 is 17.6 Å². The average molecular weight is 469 g/mol. The minimum atomic E-state index is -0.169. The number of carbonyl (C=O) groups is 2. The zero-order valence-corrected chi connectivity index (χ0v) is 19.7. The molecule has 1 saturated heterocycles. The van der Waals surface area contributed by atoms with E-state index in [4.69, 9.17) is 9.52 Å². The van der Waals surface area contributed by atoms with Crippen molar-refractivity contribution in [3.05, 3.63) is 95.9 Å². The molecule has 0 aliphatic carbocycles. The van der Waals surface area contributed by atoms with E-state index in [-0.39, 0.29) is 17.7 Å². The molecule has 0 saturated carbocycles. The first-order valence-corrected chi connectivity index (χ1v) is 11.9. The van der Waals surface area contributed by atoms with E-state index >= 15 is 0 Å². The fourth-order valence-corrected chi connectivity index (χ4v) is 4.52. The van der Waals surface area contributed by atoms with Crippen molar-refractivity contribution in [2.75, 3.05) is 18.4 Å². The summed E-state index contributed by atoms with van der Waals surface area (Å²) in [7, 11) is 0. The summed E-state index contributed by atoms with van der Waals surface area (Å²) in [5.41, 5.74) is 4.10. The molecule has 178 valence electrons. The highest BCUT2D eigenvalue weighted by molar-refractivity contribution is 5.94. The largest absolute Gasteiger partial charge is 0.459 e. The highest BCUT2D eigenvalue weighted by Gasteiger charge is 2.29. The molecular formula is C28H28N4O3. The van der Waals surface area contributed by atoms with E-state index in [1.807, 2.05) is 59.3 Å². The van der Waals surface area contributed by atoms with E-state index in [1.54, 1.807) is 17.0 Å². The molecule has 2 amide bonds. The van der Waals surface area contributed by atoms with E-state index in [1.165, 1.54) is 6.26 Å². The lowest BCUT2D eigenvalue weighted by atomic mass is 9.95. The van der Waals surface area contributed by atoms with Crippen LogP contribution in [0, 0.1) is 12.8 Å². The average Bonchev–Trinajstić information content (AvgIpc) is 3.55. The molecule has 4 aromatic rings. The minimum absolute atomic E-state index is 0.0411. The van der Waals surface area contributed by atoms with Crippen LogP contribution in [0.2, 0.25) is 0 Å². The molecule has 1 aliphatic rings. The number of likely N-dealkylation sites (tertiary alicyclic amines) is 1. The minimum Gasteiger partial charge on any atom is -0.459 e. The molecule has 0 bridgehead atoms. The van der Waals surface area contributed by atoms with Crippen LogP contribution in [0.5, 0.6) is 0 Å². The van der Waals surface area contributed by atoms with E-state index in [9.17, 15) is 9.59 Å². The first-order chi connectivity index (χ1) is 17.1. The molecule has 35 heavy (non-hydrogen) atoms. The molecule has 0 radical (unpaired) electrons. The number of piperidine rings is 1. The topological polar surface area (TPSA) is 80.4 Å². The summed E-state index contributed by atoms with van der Waals surface area (Å²) in [4.78, 5) is 27.5. The number of aryl methyl sites for hydroxylation is 1. The monoisotopic (exact) mass is 468 g/mol. The van der Waals surface area contributed by atoms with Gasteiger partial charge in [-0.15, -0.1) is 0 Å². The Morgan fingerprint density at radius 3 is 2.46 bits per heavy atom. The lowest BCUT2D eigenvalue weighted by molar-refractivity contribution is -0.121. The van der Waals surface area contributed by atoms with Gasteiger partial charge < -0.3 is 14.6 Å². The number of carbonyl (C=O) groups excluding carboxylic acids is 2. The van der Waals surface area contributed by atoms with Gasteiger partial charge in [-0.25, -0.2) is 4.68 Å². The molecule has 2 aromatic carbocycles. The number of amides is 2. The Kier molecular flexibility index (Phi) is 6.48. The Hall–Kier alpha value is -4.13. The van der Waals surface area contributed by atoms with Crippen LogP contribution < -0.4 is 5.32 Å². The lowest BCUT2D eigenvalue weighted by Gasteiger charge is -2.30. The van der Waals surface area contributed by atoms with Crippen molar-refractivity contribution in [1.82, 2.24) is 14.7 Å². The normalized spacial score (nSPS) is 14.1. The maximum absolute atomic E-state index is 13.2. The number of benzene rings is 2. The van der Waals surface area contributed by atoms with Crippen molar-refractivity contribution in [3.63, 3.8) is 0 Å². The Labute approximate surface area is 204 Å². The molecule has 1 fully saturated rings. The van der Waals surface area contributed by atoms with Crippen LogP contribution in [0.1, 0.15) is 34.5 Å². The summed E-state index contributed by atoms with van der Waals surface area (Å²) >= 11 is 0. The van der Waals surface area contributed by atoms with Crippen LogP contribution in [0.25, 0.3) is 11.3 Å². The fraction of sp³-hybridized carbons (Fsp3) is 0.250. The number of nitrogens with one attached hydrogen (secondary N) is 1. The lowest BCUT2D eigenvalue weighted by Crippen LogP contribution is -2.41. The highest BCUT2D eigenvalue weighted by Crippen LogP contribution is 2.27. The first-order valence-electron chi connectivity index (χ1n) is 11.9. The second-order valence-electron chi connectivity index (χ2n) is 8.91. The van der Waals surface area contributed by atoms with Gasteiger partial charge in [0.05, 0.1) is 18.5 Å². The summed E-state index contributed by atoms with van der Waals surface area (Å²) in [6, 6.07) is 23.5. The molecule has 7 nitrogen and oxygen atoms in total. The van der Waals surface area contributed by atoms with Gasteiger partial charge in [-0.2, -0.15) is 5.10 Å². The fourth-order valence-electron chi connectivity index (χ4n) is 4.52. The summed E-state index contributed by atoms with van der Waals surface area (Å²) in [5, 5.41) is 7.96. The second-order valence-corrected chi connectivity index (χ2v) is 8.91. The van der Waals surface area contributed by atoms with Gasteiger partial charge in [0.15, 0.2) is 5.76 Å². The molecule has 0 spiro atoms. The predicted molar refractivity (Wildman–Crippen MR) is 134 cm³/mol. The van der Waals surface area contributed by atoms with Gasteiger partial charge in [0, 0.05) is 30.6 Å². The van der Waals surface area contributed by atoms with E-state index in [2.05, 4.69) is 18.3 Å². The molecule has 0 unspecified atom stereocenters. The first kappa shape index (κ1) is 22.7. The van der Waals surface area contributed by atoms with Crippen molar-refractivity contribution in [2.45, 2.75) is 26.3 Å². The summed E-state index contributed by atoms with van der Waals surface area (Å²) in [6.07, 6.45) is 2.71. The third-order valence-corrected chi connectivity index (χ3v) is 6.51. The van der Waals surface area contributed by atoms with Gasteiger partial charge in [0.25, 0.3) is 5.91 Å². The number of rotatable bonds is 6. The summed E-state index contributed by atoms with van der Waals surface area (Å²) in [6.45, 7) is 3.66. The van der Waals surface area contributed by atoms with Crippen molar-refractivity contribution in [3.8, 4) is 11.3 Å². The molecule has 3 heterocycles. The van der Waals surface area contributed by atoms with Gasteiger partial charge in [0.2, 0.25) is 5.91 Å². The third-order valence-electron chi connectivity index (χ3n) is 6.51. The van der Waals surface area contributed by atoms with Gasteiger partial charge in [-0.3, -0.25) is 9.59 Å². The second kappa shape index (κ2) is 10.0. The molecule has 1 N–H and O–H groups in total. The molecular weight excluding hydrogens is 440 g/mol. The summed E-state index contributed by atoms with van der Waals surface area (Å²) in [5.74, 6) is 0.670. The highest BCUT2D eigenvalue weighted by atomic mass is 16.3. The van der Waals surface area contributed by atoms with Gasteiger partial charge in [-0.05, 0) is 43.0 Å². The van der Waals surface area contributed by atoms with Crippen LogP contribution in [-0.2, 0) is 11.3 Å². The van der Waals surface area contributed by atoms with Gasteiger partial charge >= 0.3 is 0 Å². The van der Waals surface area contributed by atoms with E-state index in [0.29, 0.717) is 44.1 Å². The predicted octanol–water partition coefficient (Wildman–Crippen LogP) is 4.99. The van der Waals surface area contributed by atoms with Gasteiger partial charge in [-0.1, -0.05) is 54.6 Å². The zero-order valence-electron chi connectivity index (χ0n) is 19.7. The number of hydrogen-bond acceptors (Lipinski definition) is 4. The number of furan rings is 1. The molecule has 7 heteroatoms. The molecule has 2 aromatic heterocycles. The van der Waals surface area contributed by atoms with E-state index < -0.39 is 0 Å². The number of nitrogens with zero attached hydrogens (tertiary/aromatic N) is 3. The Morgan fingerprint density at radius 2 is 1.74 bits per heavy atom. The molecule has 0 atom stereocenters. The maximum atomic E-state index is 13.2. The quantitative estimate of drug-likeness (QED) is 0.432. The Morgan fingerprint density at radius 1 is 1.00 bits per heavy atom. The van der Waals surface area contributed by atoms with E-state index in [0.717, 1.165) is 22.4 Å². The van der Waals surface area contributed by atoms with Crippen LogP contribution >= 0.6 is 0 Å². The number of anilines is 1. The van der Waals surface area contributed by atoms with Gasteiger partial charge in [0.1, 0.15) is 5.82 Å². The summed E-state index contributed by atoms with van der Waals surface area (Å²) < 4.78 is 7.08. The smallest absolute Gasteiger partial charge is 0.289 e. The third kappa shape index (κ3) is 5.04. The SMILES string of the molecule is Cc1ccccc1-c1cc(NC(=O)C2CCN(C(=O)c3ccco3)CC2)n(Cc2ccccc2)n1. The van der Waals surface area contributed by atoms with Crippen LogP contribution in [0.3, 0.4) is 0 Å². The Balaban J connectivity index is 1.31. The standard InChI is InChI=1S/C28H28N4O3/c1-20-8-5-6-11-23(20)24-18-26(32(30-24)19-21-9-3-2-4-10-21)29-27(33)22-13-15-31(16-14-22)28(34)25-12-7-17-35-25/h2-12,17-18,22H,13-16,19H2,1H3,(H,29,33). The number of hydrogen-bond donors (Lipinski definition) is 1. The maximum Gasteiger partial charge on any atom is 0.289 e. The van der Waals surface area contributed by atoms with Crippen LogP contribution in [0.15, 0.2) is 83.5 Å². The number of aromatic nitrogens is 2. The Bertz CT molecular complexity index is 1300. The van der Waals surface area contributed by atoms with Crippen LogP contribution in [0.4, 0.5) is 5.82 Å². The van der Waals surface area contributed by atoms with Crippen molar-refractivity contribution in [2.24, 2.45) is 5.92 Å². The van der Waals surface area contributed by atoms with Crippen LogP contribution in [-0.4, -0.2) is 39.6 Å². The molecule has 1 aliphatic heterocycles. The zero-order chi connectivity index (χ0) is 24.2.